The Balaban J connectivity index is 1.85. The molecule has 3 nitrogen and oxygen atoms in total. The van der Waals surface area contributed by atoms with Gasteiger partial charge in [0, 0.05) is 17.6 Å². The summed E-state index contributed by atoms with van der Waals surface area (Å²) in [5, 5.41) is 0. The molecule has 0 spiro atoms. The molecule has 0 unspecified atom stereocenters. The zero-order valence-electron chi connectivity index (χ0n) is 12.2. The van der Waals surface area contributed by atoms with Crippen molar-refractivity contribution >= 4 is 15.9 Å². The highest BCUT2D eigenvalue weighted by Crippen LogP contribution is 2.24. The molecular formula is C16H24BrNO2. The van der Waals surface area contributed by atoms with Gasteiger partial charge in [-0.15, -0.1) is 0 Å². The minimum Gasteiger partial charge on any atom is -0.493 e. The topological polar surface area (TPSA) is 21.7 Å². The summed E-state index contributed by atoms with van der Waals surface area (Å²) < 4.78 is 12.3. The quantitative estimate of drug-likeness (QED) is 0.757. The fourth-order valence-corrected chi connectivity index (χ4v) is 2.82. The zero-order valence-corrected chi connectivity index (χ0v) is 13.8. The lowest BCUT2D eigenvalue weighted by atomic mass is 10.1. The van der Waals surface area contributed by atoms with Gasteiger partial charge in [0.15, 0.2) is 0 Å². The molecule has 1 aliphatic heterocycles. The van der Waals surface area contributed by atoms with E-state index in [1.54, 1.807) is 0 Å². The summed E-state index contributed by atoms with van der Waals surface area (Å²) in [5.74, 6) is 1.04. The summed E-state index contributed by atoms with van der Waals surface area (Å²) in [6, 6.07) is 6.31. The third-order valence-corrected chi connectivity index (χ3v) is 4.00. The number of rotatable bonds is 7. The Labute approximate surface area is 130 Å². The van der Waals surface area contributed by atoms with Gasteiger partial charge in [-0.05, 0) is 49.6 Å². The van der Waals surface area contributed by atoms with Gasteiger partial charge >= 0.3 is 0 Å². The van der Waals surface area contributed by atoms with Crippen molar-refractivity contribution in [2.75, 3.05) is 39.5 Å². The van der Waals surface area contributed by atoms with Crippen molar-refractivity contribution < 1.29 is 9.47 Å². The van der Waals surface area contributed by atoms with Gasteiger partial charge in [0.2, 0.25) is 0 Å². The molecule has 112 valence electrons. The molecule has 4 heteroatoms. The third-order valence-electron chi connectivity index (χ3n) is 3.51. The van der Waals surface area contributed by atoms with Crippen LogP contribution in [0.1, 0.15) is 25.3 Å². The molecule has 0 aliphatic carbocycles. The summed E-state index contributed by atoms with van der Waals surface area (Å²) >= 11 is 3.55. The van der Waals surface area contributed by atoms with Crippen LogP contribution < -0.4 is 4.74 Å². The molecule has 1 aromatic carbocycles. The second-order valence-electron chi connectivity index (χ2n) is 5.16. The van der Waals surface area contributed by atoms with Crippen LogP contribution in [0.4, 0.5) is 0 Å². The third kappa shape index (κ3) is 5.08. The standard InChI is InChI=1S/C16H24BrNO2/c1-2-10-20-16-6-5-15(17)13-14(16)4-3-7-18-8-11-19-12-9-18/h5-6,13H,2-4,7-12H2,1H3. The van der Waals surface area contributed by atoms with Gasteiger partial charge in [0.1, 0.15) is 5.75 Å². The van der Waals surface area contributed by atoms with Crippen molar-refractivity contribution in [3.05, 3.63) is 28.2 Å². The molecule has 0 amide bonds. The number of nitrogens with zero attached hydrogens (tertiary/aromatic N) is 1. The van der Waals surface area contributed by atoms with Crippen molar-refractivity contribution in [3.63, 3.8) is 0 Å². The van der Waals surface area contributed by atoms with E-state index >= 15 is 0 Å². The van der Waals surface area contributed by atoms with Gasteiger partial charge in [0.05, 0.1) is 19.8 Å². The molecule has 1 aliphatic rings. The van der Waals surface area contributed by atoms with E-state index < -0.39 is 0 Å². The molecule has 1 heterocycles. The minimum atomic E-state index is 0.790. The molecule has 0 saturated carbocycles. The van der Waals surface area contributed by atoms with Gasteiger partial charge in [-0.25, -0.2) is 0 Å². The van der Waals surface area contributed by atoms with Crippen LogP contribution in [0, 0.1) is 0 Å². The first kappa shape index (κ1) is 15.8. The first-order chi connectivity index (χ1) is 9.79. The Hall–Kier alpha value is -0.580. The molecule has 1 saturated heterocycles. The second-order valence-corrected chi connectivity index (χ2v) is 6.07. The lowest BCUT2D eigenvalue weighted by molar-refractivity contribution is 0.0374. The SMILES string of the molecule is CCCOc1ccc(Br)cc1CCCN1CCOCC1. The largest absolute Gasteiger partial charge is 0.493 e. The highest BCUT2D eigenvalue weighted by molar-refractivity contribution is 9.10. The van der Waals surface area contributed by atoms with Crippen LogP contribution in [0.3, 0.4) is 0 Å². The molecule has 0 N–H and O–H groups in total. The Morgan fingerprint density at radius 1 is 1.30 bits per heavy atom. The number of ether oxygens (including phenoxy) is 2. The number of morpholine rings is 1. The molecule has 20 heavy (non-hydrogen) atoms. The maximum absolute atomic E-state index is 5.83. The zero-order chi connectivity index (χ0) is 14.2. The number of benzene rings is 1. The van der Waals surface area contributed by atoms with Gasteiger partial charge < -0.3 is 9.47 Å². The predicted octanol–water partition coefficient (Wildman–Crippen LogP) is 3.50. The molecule has 1 aromatic rings. The maximum atomic E-state index is 5.83. The summed E-state index contributed by atoms with van der Waals surface area (Å²) in [4.78, 5) is 2.48. The summed E-state index contributed by atoms with van der Waals surface area (Å²) in [6.45, 7) is 7.96. The van der Waals surface area contributed by atoms with E-state index in [1.165, 1.54) is 12.0 Å². The lowest BCUT2D eigenvalue weighted by Gasteiger charge is -2.26. The van der Waals surface area contributed by atoms with Gasteiger partial charge in [0.25, 0.3) is 0 Å². The summed E-state index contributed by atoms with van der Waals surface area (Å²) in [7, 11) is 0. The normalized spacial score (nSPS) is 16.3. The number of hydrogen-bond donors (Lipinski definition) is 0. The smallest absolute Gasteiger partial charge is 0.122 e. The lowest BCUT2D eigenvalue weighted by Crippen LogP contribution is -2.36. The number of halogens is 1. The minimum absolute atomic E-state index is 0.790. The number of hydrogen-bond acceptors (Lipinski definition) is 3. The van der Waals surface area contributed by atoms with Gasteiger partial charge in [-0.3, -0.25) is 4.90 Å². The van der Waals surface area contributed by atoms with Crippen molar-refractivity contribution in [2.24, 2.45) is 0 Å². The molecule has 0 atom stereocenters. The Morgan fingerprint density at radius 3 is 2.85 bits per heavy atom. The van der Waals surface area contributed by atoms with Crippen LogP contribution in [-0.4, -0.2) is 44.4 Å². The van der Waals surface area contributed by atoms with Crippen LogP contribution in [-0.2, 0) is 11.2 Å². The van der Waals surface area contributed by atoms with Crippen LogP contribution in [0.5, 0.6) is 5.75 Å². The monoisotopic (exact) mass is 341 g/mol. The molecule has 0 radical (unpaired) electrons. The fraction of sp³-hybridized carbons (Fsp3) is 0.625. The van der Waals surface area contributed by atoms with E-state index in [1.807, 2.05) is 0 Å². The van der Waals surface area contributed by atoms with E-state index in [0.29, 0.717) is 0 Å². The van der Waals surface area contributed by atoms with E-state index in [0.717, 1.165) is 62.5 Å². The number of aryl methyl sites for hydroxylation is 1. The van der Waals surface area contributed by atoms with Gasteiger partial charge in [-0.1, -0.05) is 22.9 Å². The van der Waals surface area contributed by atoms with E-state index in [4.69, 9.17) is 9.47 Å². The Morgan fingerprint density at radius 2 is 2.10 bits per heavy atom. The van der Waals surface area contributed by atoms with E-state index in [9.17, 15) is 0 Å². The average molecular weight is 342 g/mol. The summed E-state index contributed by atoms with van der Waals surface area (Å²) in [6.07, 6.45) is 3.28. The van der Waals surface area contributed by atoms with Crippen LogP contribution in [0.2, 0.25) is 0 Å². The Bertz CT molecular complexity index is 405. The van der Waals surface area contributed by atoms with Crippen molar-refractivity contribution in [3.8, 4) is 5.75 Å². The first-order valence-corrected chi connectivity index (χ1v) is 8.30. The highest BCUT2D eigenvalue weighted by Gasteiger charge is 2.10. The molecule has 0 aromatic heterocycles. The van der Waals surface area contributed by atoms with Crippen LogP contribution in [0.15, 0.2) is 22.7 Å². The highest BCUT2D eigenvalue weighted by atomic mass is 79.9. The molecule has 1 fully saturated rings. The first-order valence-electron chi connectivity index (χ1n) is 7.51. The van der Waals surface area contributed by atoms with Crippen LogP contribution in [0.25, 0.3) is 0 Å². The predicted molar refractivity (Wildman–Crippen MR) is 85.5 cm³/mol. The van der Waals surface area contributed by atoms with E-state index in [-0.39, 0.29) is 0 Å². The maximum Gasteiger partial charge on any atom is 0.122 e. The van der Waals surface area contributed by atoms with Crippen molar-refractivity contribution in [1.29, 1.82) is 0 Å². The van der Waals surface area contributed by atoms with Crippen molar-refractivity contribution in [2.45, 2.75) is 26.2 Å². The van der Waals surface area contributed by atoms with Crippen LogP contribution >= 0.6 is 15.9 Å². The van der Waals surface area contributed by atoms with E-state index in [2.05, 4.69) is 46.0 Å². The summed E-state index contributed by atoms with van der Waals surface area (Å²) in [5.41, 5.74) is 1.31. The fourth-order valence-electron chi connectivity index (χ4n) is 2.41. The molecular weight excluding hydrogens is 318 g/mol. The van der Waals surface area contributed by atoms with Crippen molar-refractivity contribution in [1.82, 2.24) is 4.90 Å². The average Bonchev–Trinajstić information content (AvgIpc) is 2.47. The van der Waals surface area contributed by atoms with Gasteiger partial charge in [-0.2, -0.15) is 0 Å². The Kier molecular flexibility index (Phi) is 6.83. The molecule has 2 rings (SSSR count). The second kappa shape index (κ2) is 8.65. The molecule has 0 bridgehead atoms.